The number of amides is 1. The Hall–Kier alpha value is -1.89. The van der Waals surface area contributed by atoms with Gasteiger partial charge in [-0.3, -0.25) is 9.59 Å². The third kappa shape index (κ3) is 3.49. The van der Waals surface area contributed by atoms with Gasteiger partial charge in [0.2, 0.25) is 5.91 Å². The first-order valence-corrected chi connectivity index (χ1v) is 11.0. The number of sulfone groups is 1. The van der Waals surface area contributed by atoms with Gasteiger partial charge in [-0.15, -0.1) is 0 Å². The van der Waals surface area contributed by atoms with Crippen molar-refractivity contribution in [2.45, 2.75) is 74.5 Å². The second-order valence-electron chi connectivity index (χ2n) is 7.99. The van der Waals surface area contributed by atoms with E-state index in [2.05, 4.69) is 5.32 Å². The Kier molecular flexibility index (Phi) is 5.34. The Labute approximate surface area is 160 Å². The number of aliphatic carboxylic acids is 1. The van der Waals surface area contributed by atoms with Gasteiger partial charge in [0.25, 0.3) is 0 Å². The van der Waals surface area contributed by atoms with Crippen LogP contribution in [0.1, 0.15) is 56.1 Å². The van der Waals surface area contributed by atoms with E-state index in [1.165, 1.54) is 0 Å². The van der Waals surface area contributed by atoms with Crippen molar-refractivity contribution in [3.8, 4) is 0 Å². The van der Waals surface area contributed by atoms with Gasteiger partial charge >= 0.3 is 5.97 Å². The van der Waals surface area contributed by atoms with Crippen molar-refractivity contribution in [1.29, 1.82) is 0 Å². The first-order chi connectivity index (χ1) is 12.7. The third-order valence-electron chi connectivity index (χ3n) is 6.09. The maximum Gasteiger partial charge on any atom is 0.306 e. The van der Waals surface area contributed by atoms with E-state index in [4.69, 9.17) is 5.11 Å². The third-order valence-corrected chi connectivity index (χ3v) is 8.73. The molecule has 2 N–H and O–H groups in total. The Morgan fingerprint density at radius 1 is 1.15 bits per heavy atom. The summed E-state index contributed by atoms with van der Waals surface area (Å²) in [5.41, 5.74) is 1.49. The van der Waals surface area contributed by atoms with E-state index in [1.54, 1.807) is 19.1 Å². The first-order valence-electron chi connectivity index (χ1n) is 9.53. The van der Waals surface area contributed by atoms with Gasteiger partial charge in [0.15, 0.2) is 14.6 Å². The fraction of sp³-hybridized carbons (Fsp3) is 0.600. The molecule has 0 aliphatic heterocycles. The van der Waals surface area contributed by atoms with Crippen LogP contribution in [-0.2, 0) is 19.4 Å². The van der Waals surface area contributed by atoms with E-state index in [0.717, 1.165) is 5.56 Å². The highest BCUT2D eigenvalue weighted by Gasteiger charge is 2.53. The molecule has 2 fully saturated rings. The highest BCUT2D eigenvalue weighted by Crippen LogP contribution is 2.42. The second kappa shape index (κ2) is 7.26. The molecule has 2 aliphatic rings. The summed E-state index contributed by atoms with van der Waals surface area (Å²) in [5, 5.41) is 12.0. The molecule has 7 heteroatoms. The van der Waals surface area contributed by atoms with Crippen molar-refractivity contribution in [2.75, 3.05) is 0 Å². The zero-order chi connectivity index (χ0) is 19.8. The minimum absolute atomic E-state index is 0.231. The number of hydrogen-bond acceptors (Lipinski definition) is 4. The first kappa shape index (κ1) is 19.9. The standard InChI is InChI=1S/C20H27NO5S/c1-13-5-6-14(2)17(11-13)27(25,26)20(9-3-4-10-20)19(24)21-16-8-7-15(12-16)18(22)23/h5-6,11,15-16H,3-4,7-10,12H2,1-2H3,(H,21,24)(H,22,23)/t15-,16+/m1/s1. The number of nitrogens with one attached hydrogen (secondary N) is 1. The molecule has 1 aromatic carbocycles. The maximum absolute atomic E-state index is 13.6. The van der Waals surface area contributed by atoms with Crippen molar-refractivity contribution >= 4 is 21.7 Å². The average Bonchev–Trinajstić information content (AvgIpc) is 3.27. The minimum atomic E-state index is -3.85. The average molecular weight is 394 g/mol. The molecular weight excluding hydrogens is 366 g/mol. The Bertz CT molecular complexity index is 855. The predicted octanol–water partition coefficient (Wildman–Crippen LogP) is 2.76. The molecular formula is C20H27NO5S. The van der Waals surface area contributed by atoms with Crippen LogP contribution in [0, 0.1) is 19.8 Å². The molecule has 148 valence electrons. The van der Waals surface area contributed by atoms with Crippen molar-refractivity contribution < 1.29 is 23.1 Å². The molecule has 1 aromatic rings. The molecule has 3 rings (SSSR count). The lowest BCUT2D eigenvalue weighted by Gasteiger charge is -2.30. The topological polar surface area (TPSA) is 101 Å². The summed E-state index contributed by atoms with van der Waals surface area (Å²) in [6.07, 6.45) is 3.45. The van der Waals surface area contributed by atoms with Crippen LogP contribution < -0.4 is 5.32 Å². The fourth-order valence-corrected chi connectivity index (χ4v) is 6.81. The molecule has 0 heterocycles. The minimum Gasteiger partial charge on any atom is -0.481 e. The van der Waals surface area contributed by atoms with Gasteiger partial charge in [-0.05, 0) is 63.1 Å². The summed E-state index contributed by atoms with van der Waals surface area (Å²) in [7, 11) is -3.85. The maximum atomic E-state index is 13.6. The van der Waals surface area contributed by atoms with Crippen LogP contribution in [-0.4, -0.2) is 36.2 Å². The lowest BCUT2D eigenvalue weighted by atomic mass is 10.0. The highest BCUT2D eigenvalue weighted by molar-refractivity contribution is 7.93. The van der Waals surface area contributed by atoms with Crippen LogP contribution >= 0.6 is 0 Å². The van der Waals surface area contributed by atoms with Gasteiger partial charge in [-0.2, -0.15) is 0 Å². The van der Waals surface area contributed by atoms with Crippen molar-refractivity contribution in [1.82, 2.24) is 5.32 Å². The molecule has 2 atom stereocenters. The molecule has 6 nitrogen and oxygen atoms in total. The molecule has 27 heavy (non-hydrogen) atoms. The Morgan fingerprint density at radius 2 is 1.81 bits per heavy atom. The summed E-state index contributed by atoms with van der Waals surface area (Å²) >= 11 is 0. The predicted molar refractivity (Wildman–Crippen MR) is 101 cm³/mol. The van der Waals surface area contributed by atoms with E-state index >= 15 is 0 Å². The van der Waals surface area contributed by atoms with Crippen molar-refractivity contribution in [2.24, 2.45) is 5.92 Å². The zero-order valence-electron chi connectivity index (χ0n) is 15.8. The molecule has 0 bridgehead atoms. The molecule has 0 spiro atoms. The van der Waals surface area contributed by atoms with E-state index < -0.39 is 32.4 Å². The number of carboxylic acids is 1. The number of benzene rings is 1. The van der Waals surface area contributed by atoms with E-state index in [0.29, 0.717) is 50.5 Å². The summed E-state index contributed by atoms with van der Waals surface area (Å²) in [4.78, 5) is 24.6. The Morgan fingerprint density at radius 3 is 2.41 bits per heavy atom. The number of hydrogen-bond donors (Lipinski definition) is 2. The second-order valence-corrected chi connectivity index (χ2v) is 10.2. The van der Waals surface area contributed by atoms with Gasteiger partial charge in [0.1, 0.15) is 0 Å². The smallest absolute Gasteiger partial charge is 0.306 e. The van der Waals surface area contributed by atoms with E-state index in [9.17, 15) is 18.0 Å². The summed E-state index contributed by atoms with van der Waals surface area (Å²) in [6.45, 7) is 3.59. The molecule has 0 unspecified atom stereocenters. The highest BCUT2D eigenvalue weighted by atomic mass is 32.2. The van der Waals surface area contributed by atoms with Crippen LogP contribution in [0.4, 0.5) is 0 Å². The summed E-state index contributed by atoms with van der Waals surface area (Å²) < 4.78 is 25.7. The molecule has 0 aromatic heterocycles. The number of aryl methyl sites for hydroxylation is 2. The van der Waals surface area contributed by atoms with Crippen LogP contribution in [0.3, 0.4) is 0 Å². The molecule has 0 saturated heterocycles. The van der Waals surface area contributed by atoms with E-state index in [-0.39, 0.29) is 10.9 Å². The molecule has 0 radical (unpaired) electrons. The van der Waals surface area contributed by atoms with Gasteiger partial charge < -0.3 is 10.4 Å². The molecule has 2 aliphatic carbocycles. The normalized spacial score (nSPS) is 24.7. The number of rotatable bonds is 5. The van der Waals surface area contributed by atoms with Crippen LogP contribution in [0.15, 0.2) is 23.1 Å². The SMILES string of the molecule is Cc1ccc(C)c(S(=O)(=O)C2(C(=O)N[C@H]3CC[C@@H](C(=O)O)C3)CCCC2)c1. The van der Waals surface area contributed by atoms with Crippen LogP contribution in [0.2, 0.25) is 0 Å². The lowest BCUT2D eigenvalue weighted by molar-refractivity contribution is -0.141. The van der Waals surface area contributed by atoms with E-state index in [1.807, 2.05) is 13.0 Å². The van der Waals surface area contributed by atoms with Gasteiger partial charge in [0, 0.05) is 6.04 Å². The fourth-order valence-electron chi connectivity index (χ4n) is 4.43. The summed E-state index contributed by atoms with van der Waals surface area (Å²) in [5.74, 6) is -1.78. The summed E-state index contributed by atoms with van der Waals surface area (Å²) in [6, 6.07) is 5.01. The number of carbonyl (C=O) groups is 2. The monoisotopic (exact) mass is 393 g/mol. The van der Waals surface area contributed by atoms with Crippen LogP contribution in [0.25, 0.3) is 0 Å². The van der Waals surface area contributed by atoms with Gasteiger partial charge in [-0.25, -0.2) is 8.42 Å². The Balaban J connectivity index is 1.90. The van der Waals surface area contributed by atoms with Crippen molar-refractivity contribution in [3.63, 3.8) is 0 Å². The largest absolute Gasteiger partial charge is 0.481 e. The molecule has 2 saturated carbocycles. The van der Waals surface area contributed by atoms with Crippen LogP contribution in [0.5, 0.6) is 0 Å². The lowest BCUT2D eigenvalue weighted by Crippen LogP contribution is -2.53. The van der Waals surface area contributed by atoms with Crippen molar-refractivity contribution in [3.05, 3.63) is 29.3 Å². The zero-order valence-corrected chi connectivity index (χ0v) is 16.6. The van der Waals surface area contributed by atoms with Gasteiger partial charge in [0.05, 0.1) is 10.8 Å². The number of carbonyl (C=O) groups excluding carboxylic acids is 1. The molecule has 1 amide bonds. The van der Waals surface area contributed by atoms with Gasteiger partial charge in [-0.1, -0.05) is 25.0 Å². The quantitative estimate of drug-likeness (QED) is 0.801. The number of carboxylic acid groups (broad SMARTS) is 1.